The van der Waals surface area contributed by atoms with Crippen LogP contribution in [-0.4, -0.2) is 74.1 Å². The molecule has 3 N–H and O–H groups in total. The van der Waals surface area contributed by atoms with Crippen LogP contribution in [0.2, 0.25) is 0 Å². The summed E-state index contributed by atoms with van der Waals surface area (Å²) in [7, 11) is 1.31. The van der Waals surface area contributed by atoms with E-state index in [1.165, 1.54) is 7.11 Å². The summed E-state index contributed by atoms with van der Waals surface area (Å²) in [5.41, 5.74) is 6.63. The van der Waals surface area contributed by atoms with Gasteiger partial charge in [0, 0.05) is 44.1 Å². The number of nitrogens with one attached hydrogen (secondary N) is 2. The van der Waals surface area contributed by atoms with E-state index < -0.39 is 24.3 Å². The Morgan fingerprint density at radius 1 is 0.863 bits per heavy atom. The van der Waals surface area contributed by atoms with Crippen molar-refractivity contribution in [3.8, 4) is 11.1 Å². The van der Waals surface area contributed by atoms with Crippen LogP contribution in [0.3, 0.4) is 0 Å². The average molecular weight is 694 g/mol. The SMILES string of the molecule is COC(=O)C(Cc1ccccc1)NC(=O)NCc1ccccc1-c1ccc(C2OC(CN3CCOCC3)C(C)C(c3ccc(CO)cc3)O2)cc1. The highest BCUT2D eigenvalue weighted by molar-refractivity contribution is 5.84. The first-order valence-electron chi connectivity index (χ1n) is 17.6. The molecule has 4 aromatic carbocycles. The fourth-order valence-electron chi connectivity index (χ4n) is 6.71. The molecule has 4 aromatic rings. The molecule has 51 heavy (non-hydrogen) atoms. The van der Waals surface area contributed by atoms with Crippen LogP contribution in [0.1, 0.15) is 47.1 Å². The summed E-state index contributed by atoms with van der Waals surface area (Å²) < 4.78 is 23.9. The Balaban J connectivity index is 1.15. The molecule has 2 amide bonds. The molecule has 2 heterocycles. The molecule has 5 unspecified atom stereocenters. The van der Waals surface area contributed by atoms with Gasteiger partial charge in [-0.15, -0.1) is 0 Å². The number of esters is 1. The molecule has 0 saturated carbocycles. The number of carbonyl (C=O) groups excluding carboxylic acids is 2. The number of carbonyl (C=O) groups is 2. The lowest BCUT2D eigenvalue weighted by Crippen LogP contribution is -2.47. The second-order valence-electron chi connectivity index (χ2n) is 13.1. The van der Waals surface area contributed by atoms with E-state index in [0.717, 1.165) is 71.8 Å². The Bertz CT molecular complexity index is 1710. The third kappa shape index (κ3) is 9.40. The maximum Gasteiger partial charge on any atom is 0.328 e. The molecule has 0 spiro atoms. The van der Waals surface area contributed by atoms with E-state index in [2.05, 4.69) is 22.5 Å². The van der Waals surface area contributed by atoms with E-state index in [9.17, 15) is 14.7 Å². The number of amides is 2. The van der Waals surface area contributed by atoms with E-state index in [1.54, 1.807) is 0 Å². The van der Waals surface area contributed by atoms with Crippen molar-refractivity contribution in [3.63, 3.8) is 0 Å². The third-order valence-electron chi connectivity index (χ3n) is 9.69. The first-order chi connectivity index (χ1) is 24.9. The minimum atomic E-state index is -0.819. The smallest absolute Gasteiger partial charge is 0.328 e. The van der Waals surface area contributed by atoms with Crippen LogP contribution >= 0.6 is 0 Å². The lowest BCUT2D eigenvalue weighted by atomic mass is 9.90. The molecule has 2 aliphatic rings. The number of aliphatic hydroxyl groups excluding tert-OH is 1. The van der Waals surface area contributed by atoms with Crippen molar-refractivity contribution in [2.45, 2.75) is 51.0 Å². The van der Waals surface area contributed by atoms with Gasteiger partial charge in [0.2, 0.25) is 0 Å². The van der Waals surface area contributed by atoms with Gasteiger partial charge in [0.1, 0.15) is 6.04 Å². The summed E-state index contributed by atoms with van der Waals surface area (Å²) >= 11 is 0. The predicted molar refractivity (Wildman–Crippen MR) is 193 cm³/mol. The number of hydrogen-bond donors (Lipinski definition) is 3. The van der Waals surface area contributed by atoms with Gasteiger partial charge < -0.3 is 34.7 Å². The Morgan fingerprint density at radius 2 is 1.55 bits per heavy atom. The fourth-order valence-corrected chi connectivity index (χ4v) is 6.71. The number of rotatable bonds is 12. The van der Waals surface area contributed by atoms with Crippen molar-refractivity contribution in [3.05, 3.63) is 131 Å². The van der Waals surface area contributed by atoms with E-state index in [1.807, 2.05) is 103 Å². The van der Waals surface area contributed by atoms with Crippen molar-refractivity contribution in [1.82, 2.24) is 15.5 Å². The molecule has 0 bridgehead atoms. The first kappa shape index (κ1) is 36.2. The number of ether oxygens (including phenoxy) is 4. The van der Waals surface area contributed by atoms with Gasteiger partial charge in [-0.05, 0) is 33.4 Å². The third-order valence-corrected chi connectivity index (χ3v) is 9.69. The van der Waals surface area contributed by atoms with Crippen LogP contribution in [0, 0.1) is 5.92 Å². The van der Waals surface area contributed by atoms with E-state index >= 15 is 0 Å². The molecule has 10 heteroatoms. The standard InChI is InChI=1S/C41H47N3O7/c1-28-37(26-44-20-22-49-23-21-44)50-40(51-38(28)32-14-12-30(27-45)13-15-32)33-18-16-31(17-19-33)35-11-7-6-10-34(35)25-42-41(47)43-36(39(46)48-2)24-29-8-4-3-5-9-29/h3-19,28,36-38,40,45H,20-27H2,1-2H3,(H2,42,43,47). The zero-order chi connectivity index (χ0) is 35.6. The lowest BCUT2D eigenvalue weighted by Gasteiger charge is -2.43. The molecular formula is C41H47N3O7. The summed E-state index contributed by atoms with van der Waals surface area (Å²) in [4.78, 5) is 27.8. The van der Waals surface area contributed by atoms with Crippen molar-refractivity contribution in [2.24, 2.45) is 5.92 Å². The second-order valence-corrected chi connectivity index (χ2v) is 13.1. The quantitative estimate of drug-likeness (QED) is 0.165. The molecule has 0 aromatic heterocycles. The topological polar surface area (TPSA) is 119 Å². The molecule has 6 rings (SSSR count). The summed E-state index contributed by atoms with van der Waals surface area (Å²) in [5, 5.41) is 15.3. The molecule has 2 fully saturated rings. The minimum absolute atomic E-state index is 0.00387. The molecule has 5 atom stereocenters. The molecule has 268 valence electrons. The number of methoxy groups -OCH3 is 1. The monoisotopic (exact) mass is 693 g/mol. The van der Waals surface area contributed by atoms with E-state index in [0.29, 0.717) is 6.42 Å². The van der Waals surface area contributed by atoms with E-state index in [4.69, 9.17) is 18.9 Å². The van der Waals surface area contributed by atoms with Gasteiger partial charge >= 0.3 is 12.0 Å². The highest BCUT2D eigenvalue weighted by Crippen LogP contribution is 2.42. The van der Waals surface area contributed by atoms with Gasteiger partial charge in [0.15, 0.2) is 6.29 Å². The van der Waals surface area contributed by atoms with Gasteiger partial charge in [0.05, 0.1) is 39.1 Å². The normalized spacial score (nSPS) is 21.4. The summed E-state index contributed by atoms with van der Waals surface area (Å²) in [6.45, 7) is 6.41. The van der Waals surface area contributed by atoms with Crippen molar-refractivity contribution in [1.29, 1.82) is 0 Å². The number of nitrogens with zero attached hydrogens (tertiary/aromatic N) is 1. The zero-order valence-electron chi connectivity index (χ0n) is 29.2. The van der Waals surface area contributed by atoms with Gasteiger partial charge in [-0.2, -0.15) is 0 Å². The highest BCUT2D eigenvalue weighted by Gasteiger charge is 2.39. The Morgan fingerprint density at radius 3 is 2.25 bits per heavy atom. The molecule has 0 aliphatic carbocycles. The summed E-state index contributed by atoms with van der Waals surface area (Å²) in [5.74, 6) is -0.408. The molecule has 2 aliphatic heterocycles. The van der Waals surface area contributed by atoms with Crippen LogP contribution in [0.25, 0.3) is 11.1 Å². The first-order valence-corrected chi connectivity index (χ1v) is 17.6. The Kier molecular flexibility index (Phi) is 12.5. The lowest BCUT2D eigenvalue weighted by molar-refractivity contribution is -0.277. The van der Waals surface area contributed by atoms with Gasteiger partial charge in [-0.1, -0.05) is 110 Å². The molecule has 10 nitrogen and oxygen atoms in total. The number of aliphatic hydroxyl groups is 1. The van der Waals surface area contributed by atoms with Gasteiger partial charge in [0.25, 0.3) is 0 Å². The highest BCUT2D eigenvalue weighted by atomic mass is 16.7. The summed E-state index contributed by atoms with van der Waals surface area (Å²) in [6, 6.07) is 32.3. The Hall–Kier alpha value is -4.58. The van der Waals surface area contributed by atoms with Crippen LogP contribution in [0.15, 0.2) is 103 Å². The maximum atomic E-state index is 13.0. The number of benzene rings is 4. The molecule has 2 saturated heterocycles. The minimum Gasteiger partial charge on any atom is -0.467 e. The fraction of sp³-hybridized carbons (Fsp3) is 0.366. The van der Waals surface area contributed by atoms with Gasteiger partial charge in [-0.25, -0.2) is 9.59 Å². The van der Waals surface area contributed by atoms with Gasteiger partial charge in [-0.3, -0.25) is 4.90 Å². The average Bonchev–Trinajstić information content (AvgIpc) is 3.18. The van der Waals surface area contributed by atoms with Crippen molar-refractivity contribution in [2.75, 3.05) is 40.0 Å². The van der Waals surface area contributed by atoms with Crippen molar-refractivity contribution < 1.29 is 33.6 Å². The second kappa shape index (κ2) is 17.6. The van der Waals surface area contributed by atoms with Crippen molar-refractivity contribution >= 4 is 12.0 Å². The number of urea groups is 1. The summed E-state index contributed by atoms with van der Waals surface area (Å²) in [6.07, 6.45) is -0.495. The predicted octanol–water partition coefficient (Wildman–Crippen LogP) is 5.55. The largest absolute Gasteiger partial charge is 0.467 e. The molecule has 0 radical (unpaired) electrons. The van der Waals surface area contributed by atoms with Crippen LogP contribution in [-0.2, 0) is 43.3 Å². The van der Waals surface area contributed by atoms with Crippen LogP contribution < -0.4 is 10.6 Å². The molecular weight excluding hydrogens is 646 g/mol. The Labute approximate surface area is 299 Å². The maximum absolute atomic E-state index is 13.0. The number of morpholine rings is 1. The van der Waals surface area contributed by atoms with Crippen LogP contribution in [0.4, 0.5) is 4.79 Å². The van der Waals surface area contributed by atoms with Crippen LogP contribution in [0.5, 0.6) is 0 Å². The van der Waals surface area contributed by atoms with E-state index in [-0.39, 0.29) is 31.3 Å². The number of hydrogen-bond acceptors (Lipinski definition) is 8. The zero-order valence-corrected chi connectivity index (χ0v) is 29.2.